The monoisotopic (exact) mass is 187 g/mol. The number of hydrogen-bond acceptors (Lipinski definition) is 2. The van der Waals surface area contributed by atoms with Gasteiger partial charge in [-0.2, -0.15) is 0 Å². The van der Waals surface area contributed by atoms with Crippen molar-refractivity contribution in [3.8, 4) is 0 Å². The second-order valence-corrected chi connectivity index (χ2v) is 3.68. The molecule has 0 aliphatic heterocycles. The summed E-state index contributed by atoms with van der Waals surface area (Å²) < 4.78 is 0. The van der Waals surface area contributed by atoms with Crippen molar-refractivity contribution in [2.75, 3.05) is 0 Å². The van der Waals surface area contributed by atoms with E-state index in [4.69, 9.17) is 10.8 Å². The van der Waals surface area contributed by atoms with Gasteiger partial charge < -0.3 is 10.8 Å². The van der Waals surface area contributed by atoms with E-state index in [0.29, 0.717) is 12.5 Å². The summed E-state index contributed by atoms with van der Waals surface area (Å²) in [6, 6.07) is 0.305. The van der Waals surface area contributed by atoms with Crippen molar-refractivity contribution < 1.29 is 9.90 Å². The first-order chi connectivity index (χ1) is 6.13. The predicted octanol–water partition coefficient (Wildman–Crippen LogP) is 2.15. The zero-order valence-corrected chi connectivity index (χ0v) is 8.46. The van der Waals surface area contributed by atoms with E-state index in [1.54, 1.807) is 0 Å². The van der Waals surface area contributed by atoms with Crippen LogP contribution >= 0.6 is 0 Å². The van der Waals surface area contributed by atoms with Crippen molar-refractivity contribution in [1.82, 2.24) is 0 Å². The lowest BCUT2D eigenvalue weighted by atomic mass is 10.1. The molecule has 0 saturated heterocycles. The molecule has 3 nitrogen and oxygen atoms in total. The summed E-state index contributed by atoms with van der Waals surface area (Å²) >= 11 is 0. The summed E-state index contributed by atoms with van der Waals surface area (Å²) in [5, 5.41) is 8.37. The first-order valence-corrected chi connectivity index (χ1v) is 5.10. The predicted molar refractivity (Wildman–Crippen MR) is 53.6 cm³/mol. The maximum absolute atomic E-state index is 10.2. The molecule has 0 rings (SSSR count). The van der Waals surface area contributed by atoms with E-state index < -0.39 is 5.97 Å². The van der Waals surface area contributed by atoms with Crippen LogP contribution in [0, 0.1) is 0 Å². The smallest absolute Gasteiger partial charge is 0.303 e. The van der Waals surface area contributed by atoms with Crippen molar-refractivity contribution >= 4 is 5.97 Å². The molecule has 13 heavy (non-hydrogen) atoms. The maximum Gasteiger partial charge on any atom is 0.303 e. The molecule has 1 atom stereocenters. The second kappa shape index (κ2) is 8.05. The van der Waals surface area contributed by atoms with E-state index in [1.807, 2.05) is 6.92 Å². The van der Waals surface area contributed by atoms with Gasteiger partial charge in [0.1, 0.15) is 0 Å². The van der Waals surface area contributed by atoms with E-state index >= 15 is 0 Å². The molecule has 0 amide bonds. The number of nitrogens with two attached hydrogens (primary N) is 1. The maximum atomic E-state index is 10.2. The van der Waals surface area contributed by atoms with E-state index in [-0.39, 0.29) is 0 Å². The van der Waals surface area contributed by atoms with Crippen LogP contribution in [0.3, 0.4) is 0 Å². The van der Waals surface area contributed by atoms with Gasteiger partial charge in [-0.25, -0.2) is 0 Å². The minimum Gasteiger partial charge on any atom is -0.481 e. The van der Waals surface area contributed by atoms with Crippen LogP contribution in [0.4, 0.5) is 0 Å². The van der Waals surface area contributed by atoms with Crippen LogP contribution in [0.15, 0.2) is 0 Å². The Morgan fingerprint density at radius 2 is 1.77 bits per heavy atom. The number of hydrogen-bond donors (Lipinski definition) is 2. The van der Waals surface area contributed by atoms with Gasteiger partial charge in [-0.3, -0.25) is 4.79 Å². The zero-order valence-electron chi connectivity index (χ0n) is 8.46. The molecule has 78 valence electrons. The highest BCUT2D eigenvalue weighted by Crippen LogP contribution is 2.07. The lowest BCUT2D eigenvalue weighted by molar-refractivity contribution is -0.137. The molecule has 0 aromatic rings. The quantitative estimate of drug-likeness (QED) is 0.572. The number of unbranched alkanes of at least 4 members (excludes halogenated alkanes) is 4. The summed E-state index contributed by atoms with van der Waals surface area (Å²) in [6.07, 6.45) is 6.73. The molecule has 0 heterocycles. The first kappa shape index (κ1) is 12.4. The lowest BCUT2D eigenvalue weighted by Gasteiger charge is -2.03. The molecular weight excluding hydrogens is 166 g/mol. The molecule has 1 unspecified atom stereocenters. The Labute approximate surface area is 80.3 Å². The lowest BCUT2D eigenvalue weighted by Crippen LogP contribution is -2.13. The average Bonchev–Trinajstić information content (AvgIpc) is 2.01. The van der Waals surface area contributed by atoms with Gasteiger partial charge in [-0.05, 0) is 19.8 Å². The fourth-order valence-electron chi connectivity index (χ4n) is 1.27. The van der Waals surface area contributed by atoms with Crippen molar-refractivity contribution in [3.63, 3.8) is 0 Å². The van der Waals surface area contributed by atoms with Crippen molar-refractivity contribution in [2.24, 2.45) is 5.73 Å². The summed E-state index contributed by atoms with van der Waals surface area (Å²) in [6.45, 7) is 2.02. The minimum absolute atomic E-state index is 0.305. The highest BCUT2D eigenvalue weighted by molar-refractivity contribution is 5.66. The fourth-order valence-corrected chi connectivity index (χ4v) is 1.27. The van der Waals surface area contributed by atoms with Crippen molar-refractivity contribution in [2.45, 2.75) is 57.9 Å². The number of carbonyl (C=O) groups is 1. The van der Waals surface area contributed by atoms with Crippen LogP contribution in [-0.2, 0) is 4.79 Å². The Hall–Kier alpha value is -0.570. The summed E-state index contributed by atoms with van der Waals surface area (Å²) in [5.41, 5.74) is 5.60. The van der Waals surface area contributed by atoms with Crippen molar-refractivity contribution in [1.29, 1.82) is 0 Å². The molecule has 0 radical (unpaired) electrons. The van der Waals surface area contributed by atoms with E-state index in [0.717, 1.165) is 25.7 Å². The molecular formula is C10H21NO2. The number of carboxylic acids is 1. The Kier molecular flexibility index (Phi) is 7.69. The third kappa shape index (κ3) is 11.4. The van der Waals surface area contributed by atoms with Crippen LogP contribution in [0.25, 0.3) is 0 Å². The van der Waals surface area contributed by atoms with Crippen LogP contribution < -0.4 is 5.73 Å². The third-order valence-electron chi connectivity index (χ3n) is 2.05. The zero-order chi connectivity index (χ0) is 10.1. The molecule has 3 N–H and O–H groups in total. The van der Waals surface area contributed by atoms with Crippen LogP contribution in [0.1, 0.15) is 51.9 Å². The summed E-state index contributed by atoms with van der Waals surface area (Å²) in [5.74, 6) is -0.685. The molecule has 0 aromatic heterocycles. The van der Waals surface area contributed by atoms with Gasteiger partial charge in [-0.1, -0.05) is 25.7 Å². The van der Waals surface area contributed by atoms with Crippen molar-refractivity contribution in [3.05, 3.63) is 0 Å². The van der Waals surface area contributed by atoms with E-state index in [1.165, 1.54) is 12.8 Å². The summed E-state index contributed by atoms with van der Waals surface area (Å²) in [7, 11) is 0. The molecule has 3 heteroatoms. The molecule has 0 aromatic carbocycles. The van der Waals surface area contributed by atoms with Gasteiger partial charge in [-0.15, -0.1) is 0 Å². The second-order valence-electron chi connectivity index (χ2n) is 3.68. The van der Waals surface area contributed by atoms with E-state index in [2.05, 4.69) is 0 Å². The fraction of sp³-hybridized carbons (Fsp3) is 0.900. The highest BCUT2D eigenvalue weighted by atomic mass is 16.4. The minimum atomic E-state index is -0.685. The van der Waals surface area contributed by atoms with Gasteiger partial charge in [0, 0.05) is 12.5 Å². The molecule has 0 saturated carbocycles. The van der Waals surface area contributed by atoms with Crippen LogP contribution in [0.2, 0.25) is 0 Å². The normalized spacial score (nSPS) is 12.8. The Morgan fingerprint density at radius 3 is 2.31 bits per heavy atom. The molecule has 0 bridgehead atoms. The largest absolute Gasteiger partial charge is 0.481 e. The van der Waals surface area contributed by atoms with Crippen LogP contribution in [0.5, 0.6) is 0 Å². The number of carboxylic acid groups (broad SMARTS) is 1. The SMILES string of the molecule is CC(N)CCCCCCCC(=O)O. The Balaban J connectivity index is 2.96. The number of aliphatic carboxylic acids is 1. The molecule has 0 spiro atoms. The summed E-state index contributed by atoms with van der Waals surface area (Å²) in [4.78, 5) is 10.2. The van der Waals surface area contributed by atoms with Gasteiger partial charge in [0.15, 0.2) is 0 Å². The van der Waals surface area contributed by atoms with Gasteiger partial charge in [0.2, 0.25) is 0 Å². The van der Waals surface area contributed by atoms with Crippen LogP contribution in [-0.4, -0.2) is 17.1 Å². The van der Waals surface area contributed by atoms with E-state index in [9.17, 15) is 4.79 Å². The highest BCUT2D eigenvalue weighted by Gasteiger charge is 1.97. The van der Waals surface area contributed by atoms with Gasteiger partial charge in [0.05, 0.1) is 0 Å². The molecule has 0 aliphatic rings. The Morgan fingerprint density at radius 1 is 1.23 bits per heavy atom. The van der Waals surface area contributed by atoms with Gasteiger partial charge >= 0.3 is 5.97 Å². The third-order valence-corrected chi connectivity index (χ3v) is 2.05. The topological polar surface area (TPSA) is 63.3 Å². The standard InChI is InChI=1S/C10H21NO2/c1-9(11)7-5-3-2-4-6-8-10(12)13/h9H,2-8,11H2,1H3,(H,12,13). The molecule has 0 fully saturated rings. The number of rotatable bonds is 8. The Bertz CT molecular complexity index is 135. The molecule has 0 aliphatic carbocycles. The average molecular weight is 187 g/mol. The first-order valence-electron chi connectivity index (χ1n) is 5.10. The van der Waals surface area contributed by atoms with Gasteiger partial charge in [0.25, 0.3) is 0 Å².